The zero-order chi connectivity index (χ0) is 39.5. The van der Waals surface area contributed by atoms with Gasteiger partial charge in [-0.05, 0) is 0 Å². The summed E-state index contributed by atoms with van der Waals surface area (Å²) in [6.45, 7) is 14.3. The Bertz CT molecular complexity index is 2810. The van der Waals surface area contributed by atoms with E-state index in [2.05, 4.69) is 203 Å². The summed E-state index contributed by atoms with van der Waals surface area (Å²) in [7, 11) is 0. The van der Waals surface area contributed by atoms with Crippen LogP contribution in [-0.4, -0.2) is 3.71 Å². The van der Waals surface area contributed by atoms with Gasteiger partial charge < -0.3 is 0 Å². The molecule has 0 aromatic heterocycles. The molecule has 0 nitrogen and oxygen atoms in total. The second-order valence-electron chi connectivity index (χ2n) is 18.0. The zero-order valence-corrected chi connectivity index (χ0v) is 39.6. The van der Waals surface area contributed by atoms with Gasteiger partial charge in [0, 0.05) is 0 Å². The zero-order valence-electron chi connectivity index (χ0n) is 34.8. The molecule has 0 amide bonds. The summed E-state index contributed by atoms with van der Waals surface area (Å²) in [4.78, 5) is 0. The van der Waals surface area contributed by atoms with Crippen LogP contribution in [-0.2, 0) is 37.0 Å². The molecule has 0 fully saturated rings. The second kappa shape index (κ2) is 16.8. The van der Waals surface area contributed by atoms with Crippen LogP contribution in [0.15, 0.2) is 167 Å². The summed E-state index contributed by atoms with van der Waals surface area (Å²) in [5, 5.41) is 3.42. The van der Waals surface area contributed by atoms with Gasteiger partial charge in [-0.2, -0.15) is 0 Å². The van der Waals surface area contributed by atoms with Gasteiger partial charge in [-0.3, -0.25) is 0 Å². The number of benzene rings is 7. The average Bonchev–Trinajstić information content (AvgIpc) is 3.88. The van der Waals surface area contributed by atoms with Crippen LogP contribution in [0.1, 0.15) is 75.8 Å². The normalized spacial score (nSPS) is 14.1. The van der Waals surface area contributed by atoms with Crippen molar-refractivity contribution < 1.29 is 19.8 Å². The van der Waals surface area contributed by atoms with Gasteiger partial charge in [0.2, 0.25) is 0 Å². The van der Waals surface area contributed by atoms with E-state index in [4.69, 9.17) is 11.6 Å². The molecule has 0 spiro atoms. The third-order valence-electron chi connectivity index (χ3n) is 12.2. The van der Waals surface area contributed by atoms with Crippen LogP contribution < -0.4 is 6.54 Å². The Hall–Kier alpha value is -4.10. The molecule has 7 aromatic carbocycles. The van der Waals surface area contributed by atoms with Gasteiger partial charge in [0.05, 0.1) is 0 Å². The summed E-state index contributed by atoms with van der Waals surface area (Å²) < 4.78 is 7.41. The minimum absolute atomic E-state index is 0. The molecule has 2 aliphatic carbocycles. The molecular weight excluding hydrogens is 858 g/mol. The van der Waals surface area contributed by atoms with E-state index in [0.29, 0.717) is 0 Å². The Morgan fingerprint density at radius 3 is 1.88 bits per heavy atom. The van der Waals surface area contributed by atoms with Crippen LogP contribution >= 0.6 is 36.4 Å². The fraction of sp³-hybridized carbons (Fsp3) is 0.182. The van der Waals surface area contributed by atoms with Crippen LogP contribution in [0.5, 0.6) is 0 Å². The van der Waals surface area contributed by atoms with E-state index in [9.17, 15) is 0 Å². The van der Waals surface area contributed by atoms with Crippen molar-refractivity contribution in [3.05, 3.63) is 200 Å². The van der Waals surface area contributed by atoms with Crippen molar-refractivity contribution >= 4 is 57.4 Å². The first-order valence-corrected chi connectivity index (χ1v) is 25.9. The van der Waals surface area contributed by atoms with Crippen molar-refractivity contribution in [2.45, 2.75) is 65.2 Å². The number of allylic oxidation sites excluding steroid dienone is 4. The predicted molar refractivity (Wildman–Crippen MR) is 259 cm³/mol. The van der Waals surface area contributed by atoms with Crippen LogP contribution in [0.2, 0.25) is 5.02 Å². The van der Waals surface area contributed by atoms with Gasteiger partial charge in [0.1, 0.15) is 0 Å². The topological polar surface area (TPSA) is 0 Å². The maximum Gasteiger partial charge on any atom is -0.147 e. The van der Waals surface area contributed by atoms with E-state index < -0.39 is 19.8 Å². The van der Waals surface area contributed by atoms with Crippen LogP contribution in [0.3, 0.4) is 0 Å². The second-order valence-corrected chi connectivity index (χ2v) is 27.3. The first-order valence-electron chi connectivity index (χ1n) is 20.4. The molecule has 59 heavy (non-hydrogen) atoms. The maximum absolute atomic E-state index is 6.88. The molecule has 2 aliphatic rings. The Kier molecular flexibility index (Phi) is 12.2. The number of fused-ring (bicyclic) bond motifs is 4. The van der Waals surface area contributed by atoms with Gasteiger partial charge in [-0.25, -0.2) is 0 Å². The number of halogens is 3. The molecule has 0 aliphatic heterocycles. The van der Waals surface area contributed by atoms with E-state index in [-0.39, 0.29) is 35.6 Å². The summed E-state index contributed by atoms with van der Waals surface area (Å²) in [6.07, 6.45) is 9.01. The molecule has 0 N–H and O–H groups in total. The van der Waals surface area contributed by atoms with Gasteiger partial charge in [-0.15, -0.1) is 24.8 Å². The Morgan fingerprint density at radius 2 is 1.22 bits per heavy atom. The third-order valence-corrected chi connectivity index (χ3v) is 24.2. The monoisotopic (exact) mass is 907 g/mol. The van der Waals surface area contributed by atoms with E-state index in [1.807, 2.05) is 6.07 Å². The number of hydrogen-bond acceptors (Lipinski definition) is 0. The molecule has 4 heteroatoms. The smallest absolute Gasteiger partial charge is 0.147 e. The SMILES string of the molecule is CC(C)(C)c1cc2c(cc1-c1ccccc1)Cc1c-2cc(C(C)(C)C)c(-c2ccccc2)[c]1[Zr](=[CH]c1cccc(Cl)c1)([C]1=CC=CC1)[c]1cccc2ccccc12.Cl.Cl. The first-order chi connectivity index (χ1) is 27.4. The van der Waals surface area contributed by atoms with Crippen LogP contribution in [0, 0.1) is 0 Å². The molecule has 0 saturated carbocycles. The molecule has 0 heterocycles. The summed E-state index contributed by atoms with van der Waals surface area (Å²) in [5.41, 5.74) is 14.9. The minimum Gasteiger partial charge on any atom is -0.147 e. The molecule has 1 unspecified atom stereocenters. The first kappa shape index (κ1) is 43.0. The van der Waals surface area contributed by atoms with Gasteiger partial charge in [-0.1, -0.05) is 0 Å². The minimum atomic E-state index is -4.33. The molecular formula is C55H52Cl3Zr. The maximum atomic E-state index is 6.88. The van der Waals surface area contributed by atoms with E-state index >= 15 is 0 Å². The largest absolute Gasteiger partial charge is 0.147 e. The average molecular weight is 911 g/mol. The van der Waals surface area contributed by atoms with Crippen molar-refractivity contribution in [2.24, 2.45) is 0 Å². The van der Waals surface area contributed by atoms with E-state index in [1.165, 1.54) is 75.2 Å². The Morgan fingerprint density at radius 1 is 0.593 bits per heavy atom. The van der Waals surface area contributed by atoms with Gasteiger partial charge in [0.25, 0.3) is 0 Å². The molecule has 0 radical (unpaired) electrons. The predicted octanol–water partition coefficient (Wildman–Crippen LogP) is 14.6. The molecule has 0 bridgehead atoms. The van der Waals surface area contributed by atoms with Gasteiger partial charge >= 0.3 is 351 Å². The van der Waals surface area contributed by atoms with Crippen molar-refractivity contribution in [1.82, 2.24) is 0 Å². The molecule has 297 valence electrons. The fourth-order valence-electron chi connectivity index (χ4n) is 9.65. The number of hydrogen-bond donors (Lipinski definition) is 0. The molecule has 0 saturated heterocycles. The Balaban J connectivity index is 0.00000264. The van der Waals surface area contributed by atoms with E-state index in [1.54, 1.807) is 6.55 Å². The van der Waals surface area contributed by atoms with Crippen molar-refractivity contribution in [3.8, 4) is 33.4 Å². The molecule has 1 atom stereocenters. The summed E-state index contributed by atoms with van der Waals surface area (Å²) in [6, 6.07) is 54.8. The van der Waals surface area contributed by atoms with Crippen molar-refractivity contribution in [1.29, 1.82) is 0 Å². The summed E-state index contributed by atoms with van der Waals surface area (Å²) >= 11 is 2.55. The summed E-state index contributed by atoms with van der Waals surface area (Å²) in [5.74, 6) is 0. The number of rotatable bonds is 6. The standard InChI is InChI=1S/C33H33.C10H7.C7H5Cl.C5H5.2ClH.Zr/c1-32(2,3)30-20-26-24(18-28(30)22-13-9-7-10-14-22)17-25-19-29(23-15-11-8-12-16-23)31(21-27(25)26)33(4,5)6;1-2-6-10-8-4-3-7-9(10)5-1;1-6-3-2-4-7(8)5-6;1-2-4-5-3-1;;;/h7-16,18,20-21H,17H2,1-6H3;1-7H;1-5H;1-3H,4H2;2*1H;. The quantitative estimate of drug-likeness (QED) is 0.156. The van der Waals surface area contributed by atoms with Crippen LogP contribution in [0.25, 0.3) is 44.2 Å². The van der Waals surface area contributed by atoms with E-state index in [0.717, 1.165) is 17.9 Å². The Labute approximate surface area is 372 Å². The van der Waals surface area contributed by atoms with Crippen LogP contribution in [0.4, 0.5) is 0 Å². The fourth-order valence-corrected chi connectivity index (χ4v) is 22.8. The van der Waals surface area contributed by atoms with Gasteiger partial charge in [0.15, 0.2) is 0 Å². The molecule has 7 aromatic rings. The van der Waals surface area contributed by atoms with Crippen molar-refractivity contribution in [2.75, 3.05) is 0 Å². The van der Waals surface area contributed by atoms with Crippen molar-refractivity contribution in [3.63, 3.8) is 0 Å². The molecule has 9 rings (SSSR count). The third kappa shape index (κ3) is 7.75.